The molecule has 0 saturated carbocycles. The van der Waals surface area contributed by atoms with Gasteiger partial charge in [-0.15, -0.1) is 0 Å². The first kappa shape index (κ1) is 20.4. The summed E-state index contributed by atoms with van der Waals surface area (Å²) in [5.41, 5.74) is -0.440. The molecule has 3 heterocycles. The highest BCUT2D eigenvalue weighted by Crippen LogP contribution is 2.46. The van der Waals surface area contributed by atoms with E-state index in [-0.39, 0.29) is 39.8 Å². The largest absolute Gasteiger partial charge is 0.489 e. The second-order valence-corrected chi connectivity index (χ2v) is 9.46. The van der Waals surface area contributed by atoms with Gasteiger partial charge < -0.3 is 19.3 Å². The van der Waals surface area contributed by atoms with Crippen LogP contribution in [0.25, 0.3) is 10.9 Å². The predicted octanol–water partition coefficient (Wildman–Crippen LogP) is 4.39. The number of ether oxygens (including phenoxy) is 2. The van der Waals surface area contributed by atoms with Gasteiger partial charge in [-0.05, 0) is 43.6 Å². The standard InChI is InChI=1S/C19H21BrClFN4O3/c1-9-5-26-10(6-25(9)18(27)29-19(2,3)4)7-28-16-11-15(23-8-24-17(11)26)14(22)12(20)13(16)21/h8-10H,5-7H2,1-4H3/t9-,10-/m0/s1. The summed E-state index contributed by atoms with van der Waals surface area (Å²) in [5, 5.41) is 0.585. The first-order valence-electron chi connectivity index (χ1n) is 9.28. The number of rotatable bonds is 0. The van der Waals surface area contributed by atoms with Gasteiger partial charge in [0.15, 0.2) is 11.6 Å². The van der Waals surface area contributed by atoms with Crippen LogP contribution in [0.2, 0.25) is 5.02 Å². The van der Waals surface area contributed by atoms with Crippen LogP contribution in [0.3, 0.4) is 0 Å². The average Bonchev–Trinajstić information content (AvgIpc) is 2.80. The molecule has 2 aliphatic heterocycles. The normalized spacial score (nSPS) is 21.5. The number of aromatic nitrogens is 2. The zero-order valence-electron chi connectivity index (χ0n) is 16.5. The van der Waals surface area contributed by atoms with Crippen molar-refractivity contribution in [2.45, 2.75) is 45.4 Å². The van der Waals surface area contributed by atoms with Crippen LogP contribution < -0.4 is 9.64 Å². The Bertz CT molecular complexity index is 1000. The van der Waals surface area contributed by atoms with E-state index in [2.05, 4.69) is 25.9 Å². The maximum Gasteiger partial charge on any atom is 0.410 e. The van der Waals surface area contributed by atoms with E-state index in [0.29, 0.717) is 30.0 Å². The third-order valence-corrected chi connectivity index (χ3v) is 6.34. The fourth-order valence-corrected chi connectivity index (χ4v) is 4.31. The Labute approximate surface area is 181 Å². The van der Waals surface area contributed by atoms with Crippen molar-refractivity contribution in [3.8, 4) is 5.75 Å². The molecule has 2 atom stereocenters. The van der Waals surface area contributed by atoms with Crippen molar-refractivity contribution in [2.75, 3.05) is 24.6 Å². The number of carbonyl (C=O) groups is 1. The van der Waals surface area contributed by atoms with Gasteiger partial charge in [-0.2, -0.15) is 0 Å². The minimum Gasteiger partial charge on any atom is -0.489 e. The van der Waals surface area contributed by atoms with E-state index >= 15 is 0 Å². The Hall–Kier alpha value is -1.87. The first-order valence-corrected chi connectivity index (χ1v) is 10.5. The Morgan fingerprint density at radius 3 is 2.79 bits per heavy atom. The molecule has 1 amide bonds. The lowest BCUT2D eigenvalue weighted by atomic mass is 10.1. The number of anilines is 1. The lowest BCUT2D eigenvalue weighted by molar-refractivity contribution is 0.0109. The third-order valence-electron chi connectivity index (χ3n) is 5.01. The van der Waals surface area contributed by atoms with E-state index in [4.69, 9.17) is 21.1 Å². The number of fused-ring (bicyclic) bond motifs is 2. The highest BCUT2D eigenvalue weighted by molar-refractivity contribution is 9.10. The number of nitrogens with zero attached hydrogens (tertiary/aromatic N) is 4. The number of halogens is 3. The maximum atomic E-state index is 14.8. The van der Waals surface area contributed by atoms with E-state index in [1.54, 1.807) is 4.90 Å². The van der Waals surface area contributed by atoms with Crippen LogP contribution in [0.5, 0.6) is 5.75 Å². The van der Waals surface area contributed by atoms with Crippen molar-refractivity contribution in [3.63, 3.8) is 0 Å². The number of benzene rings is 1. The van der Waals surface area contributed by atoms with E-state index in [1.165, 1.54) is 6.33 Å². The molecule has 4 rings (SSSR count). The first-order chi connectivity index (χ1) is 13.6. The smallest absolute Gasteiger partial charge is 0.410 e. The minimum absolute atomic E-state index is 0.106. The Balaban J connectivity index is 1.75. The van der Waals surface area contributed by atoms with Crippen LogP contribution in [0.15, 0.2) is 10.8 Å². The van der Waals surface area contributed by atoms with Crippen molar-refractivity contribution in [1.82, 2.24) is 14.9 Å². The van der Waals surface area contributed by atoms with Crippen molar-refractivity contribution in [2.24, 2.45) is 0 Å². The van der Waals surface area contributed by atoms with Gasteiger partial charge in [0.25, 0.3) is 0 Å². The lowest BCUT2D eigenvalue weighted by Gasteiger charge is -2.44. The Kier molecular flexibility index (Phi) is 5.01. The molecular formula is C19H21BrClFN4O3. The molecule has 1 fully saturated rings. The third kappa shape index (κ3) is 3.48. The zero-order valence-corrected chi connectivity index (χ0v) is 18.8. The second-order valence-electron chi connectivity index (χ2n) is 8.29. The molecule has 1 aromatic carbocycles. The molecule has 156 valence electrons. The topological polar surface area (TPSA) is 67.8 Å². The molecule has 10 heteroatoms. The van der Waals surface area contributed by atoms with Crippen LogP contribution in [0.4, 0.5) is 15.0 Å². The second kappa shape index (κ2) is 7.12. The van der Waals surface area contributed by atoms with Crippen LogP contribution in [-0.2, 0) is 4.74 Å². The molecule has 7 nitrogen and oxygen atoms in total. The summed E-state index contributed by atoms with van der Waals surface area (Å²) in [4.78, 5) is 24.9. The maximum absolute atomic E-state index is 14.8. The van der Waals surface area contributed by atoms with Crippen molar-refractivity contribution in [1.29, 1.82) is 0 Å². The van der Waals surface area contributed by atoms with Gasteiger partial charge in [0.2, 0.25) is 0 Å². The number of hydrogen-bond donors (Lipinski definition) is 0. The van der Waals surface area contributed by atoms with Crippen LogP contribution in [0, 0.1) is 5.82 Å². The lowest BCUT2D eigenvalue weighted by Crippen LogP contribution is -2.61. The van der Waals surface area contributed by atoms with Crippen molar-refractivity contribution < 1.29 is 18.7 Å². The number of amides is 1. The summed E-state index contributed by atoms with van der Waals surface area (Å²) in [6.07, 6.45) is 0.962. The highest BCUT2D eigenvalue weighted by Gasteiger charge is 2.40. The van der Waals surface area contributed by atoms with Crippen LogP contribution in [0.1, 0.15) is 27.7 Å². The molecule has 2 aromatic rings. The molecule has 2 aliphatic rings. The molecule has 0 aliphatic carbocycles. The minimum atomic E-state index is -0.583. The molecule has 0 unspecified atom stereocenters. The summed E-state index contributed by atoms with van der Waals surface area (Å²) in [7, 11) is 0. The fourth-order valence-electron chi connectivity index (χ4n) is 3.71. The molecule has 0 spiro atoms. The SMILES string of the molecule is C[C@H]1CN2c3ncnc4c(F)c(Br)c(Cl)c(c34)OC[C@@H]2CN1C(=O)OC(C)(C)C. The van der Waals surface area contributed by atoms with Crippen molar-refractivity contribution in [3.05, 3.63) is 21.6 Å². The molecule has 1 saturated heterocycles. The van der Waals surface area contributed by atoms with E-state index in [0.717, 1.165) is 0 Å². The average molecular weight is 488 g/mol. The quantitative estimate of drug-likeness (QED) is 0.514. The number of piperazine rings is 1. The monoisotopic (exact) mass is 486 g/mol. The van der Waals surface area contributed by atoms with Gasteiger partial charge in [-0.3, -0.25) is 0 Å². The summed E-state index contributed by atoms with van der Waals surface area (Å²) >= 11 is 9.54. The molecule has 0 bridgehead atoms. The van der Waals surface area contributed by atoms with E-state index < -0.39 is 11.4 Å². The summed E-state index contributed by atoms with van der Waals surface area (Å²) in [5.74, 6) is 0.341. The summed E-state index contributed by atoms with van der Waals surface area (Å²) < 4.78 is 26.4. The van der Waals surface area contributed by atoms with Gasteiger partial charge in [-0.1, -0.05) is 11.6 Å². The molecule has 0 radical (unpaired) electrons. The molecular weight excluding hydrogens is 467 g/mol. The van der Waals surface area contributed by atoms with Crippen LogP contribution in [-0.4, -0.2) is 58.3 Å². The van der Waals surface area contributed by atoms with Gasteiger partial charge >= 0.3 is 6.09 Å². The fraction of sp³-hybridized carbons (Fsp3) is 0.526. The van der Waals surface area contributed by atoms with Gasteiger partial charge in [0.1, 0.15) is 34.9 Å². The molecule has 0 N–H and O–H groups in total. The van der Waals surface area contributed by atoms with Crippen LogP contribution >= 0.6 is 27.5 Å². The Morgan fingerprint density at radius 1 is 1.38 bits per heavy atom. The van der Waals surface area contributed by atoms with Gasteiger partial charge in [0, 0.05) is 19.1 Å². The highest BCUT2D eigenvalue weighted by atomic mass is 79.9. The summed E-state index contributed by atoms with van der Waals surface area (Å²) in [6.45, 7) is 8.59. The Morgan fingerprint density at radius 2 is 2.10 bits per heavy atom. The number of hydrogen-bond acceptors (Lipinski definition) is 6. The predicted molar refractivity (Wildman–Crippen MR) is 111 cm³/mol. The van der Waals surface area contributed by atoms with E-state index in [1.807, 2.05) is 32.6 Å². The summed E-state index contributed by atoms with van der Waals surface area (Å²) in [6, 6.07) is -0.328. The van der Waals surface area contributed by atoms with E-state index in [9.17, 15) is 9.18 Å². The molecule has 1 aromatic heterocycles. The number of carbonyl (C=O) groups excluding carboxylic acids is 1. The van der Waals surface area contributed by atoms with Gasteiger partial charge in [-0.25, -0.2) is 19.2 Å². The van der Waals surface area contributed by atoms with Crippen molar-refractivity contribution >= 4 is 50.3 Å². The molecule has 29 heavy (non-hydrogen) atoms. The zero-order chi connectivity index (χ0) is 21.1. The van der Waals surface area contributed by atoms with Gasteiger partial charge in [0.05, 0.1) is 15.9 Å².